The van der Waals surface area contributed by atoms with Gasteiger partial charge in [-0.05, 0) is 31.9 Å². The molecule has 0 N–H and O–H groups in total. The van der Waals surface area contributed by atoms with Crippen molar-refractivity contribution >= 4 is 40.5 Å². The molecule has 126 valence electrons. The Kier molecular flexibility index (Phi) is 8.45. The van der Waals surface area contributed by atoms with E-state index >= 15 is 0 Å². The Balaban J connectivity index is 2.34. The number of alkyl halides is 3. The summed E-state index contributed by atoms with van der Waals surface area (Å²) >= 11 is 16.9. The molecule has 1 rings (SSSR count). The number of non-ortho nitro benzene ring substituents is 1. The lowest BCUT2D eigenvalue weighted by Gasteiger charge is -2.05. The first-order chi connectivity index (χ1) is 10.8. The fraction of sp³-hybridized carbons (Fsp3) is 0.375. The number of allylic oxidation sites excluding steroid dienone is 3. The van der Waals surface area contributed by atoms with Crippen molar-refractivity contribution < 1.29 is 9.66 Å². The summed E-state index contributed by atoms with van der Waals surface area (Å²) in [7, 11) is 0. The van der Waals surface area contributed by atoms with Crippen molar-refractivity contribution in [2.45, 2.75) is 30.0 Å². The van der Waals surface area contributed by atoms with Crippen molar-refractivity contribution in [3.8, 4) is 5.75 Å². The molecule has 0 amide bonds. The van der Waals surface area contributed by atoms with Gasteiger partial charge in [-0.15, -0.1) is 0 Å². The standard InChI is InChI=1S/C16H18Cl3NO3/c1-13(6-3-2-4-10-16(17,18)19)9-11-23-15-8-5-7-14(12-15)20(21)22/h2,4-5,7-9,12H,3,6,10-11H2,1H3/b4-2+,13-9+. The van der Waals surface area contributed by atoms with E-state index in [1.165, 1.54) is 12.1 Å². The molecular weight excluding hydrogens is 361 g/mol. The maximum atomic E-state index is 10.7. The molecule has 0 atom stereocenters. The number of nitrogens with zero attached hydrogens (tertiary/aromatic N) is 1. The zero-order chi connectivity index (χ0) is 17.3. The van der Waals surface area contributed by atoms with E-state index in [4.69, 9.17) is 39.5 Å². The van der Waals surface area contributed by atoms with Gasteiger partial charge in [0.05, 0.1) is 11.0 Å². The van der Waals surface area contributed by atoms with Crippen LogP contribution in [0.15, 0.2) is 48.1 Å². The van der Waals surface area contributed by atoms with E-state index in [9.17, 15) is 10.1 Å². The summed E-state index contributed by atoms with van der Waals surface area (Å²) in [5.74, 6) is 0.478. The minimum Gasteiger partial charge on any atom is -0.489 e. The zero-order valence-electron chi connectivity index (χ0n) is 12.7. The fourth-order valence-electron chi connectivity index (χ4n) is 1.71. The minimum absolute atomic E-state index is 0.0160. The van der Waals surface area contributed by atoms with Gasteiger partial charge in [-0.3, -0.25) is 10.1 Å². The Hall–Kier alpha value is -1.23. The van der Waals surface area contributed by atoms with Crippen molar-refractivity contribution in [3.05, 3.63) is 58.2 Å². The van der Waals surface area contributed by atoms with Crippen LogP contribution in [0.5, 0.6) is 5.75 Å². The number of hydrogen-bond acceptors (Lipinski definition) is 3. The molecule has 4 nitrogen and oxygen atoms in total. The molecule has 0 aliphatic carbocycles. The van der Waals surface area contributed by atoms with E-state index in [-0.39, 0.29) is 5.69 Å². The average Bonchev–Trinajstić information content (AvgIpc) is 2.46. The van der Waals surface area contributed by atoms with E-state index < -0.39 is 8.72 Å². The van der Waals surface area contributed by atoms with Gasteiger partial charge < -0.3 is 4.74 Å². The third kappa shape index (κ3) is 9.49. The Labute approximate surface area is 150 Å². The maximum absolute atomic E-state index is 10.7. The summed E-state index contributed by atoms with van der Waals surface area (Å²) in [6.07, 6.45) is 7.87. The second-order valence-corrected chi connectivity index (χ2v) is 7.46. The smallest absolute Gasteiger partial charge is 0.273 e. The highest BCUT2D eigenvalue weighted by atomic mass is 35.6. The van der Waals surface area contributed by atoms with Gasteiger partial charge in [0, 0.05) is 12.5 Å². The molecule has 0 aliphatic heterocycles. The molecule has 0 spiro atoms. The van der Waals surface area contributed by atoms with Gasteiger partial charge in [0.1, 0.15) is 12.4 Å². The molecule has 1 aromatic rings. The first kappa shape index (κ1) is 19.8. The molecule has 0 saturated heterocycles. The summed E-state index contributed by atoms with van der Waals surface area (Å²) in [6.45, 7) is 2.37. The molecule has 0 aliphatic rings. The number of benzene rings is 1. The van der Waals surface area contributed by atoms with Crippen LogP contribution >= 0.6 is 34.8 Å². The van der Waals surface area contributed by atoms with Crippen LogP contribution in [0.4, 0.5) is 5.69 Å². The predicted molar refractivity (Wildman–Crippen MR) is 95.6 cm³/mol. The van der Waals surface area contributed by atoms with Crippen LogP contribution in [0.1, 0.15) is 26.2 Å². The van der Waals surface area contributed by atoms with Crippen molar-refractivity contribution in [1.29, 1.82) is 0 Å². The fourth-order valence-corrected chi connectivity index (χ4v) is 1.98. The molecule has 0 heterocycles. The van der Waals surface area contributed by atoms with Gasteiger partial charge in [0.2, 0.25) is 0 Å². The molecule has 0 bridgehead atoms. The minimum atomic E-state index is -1.24. The Morgan fingerprint density at radius 1 is 1.35 bits per heavy atom. The van der Waals surface area contributed by atoms with Crippen molar-refractivity contribution in [3.63, 3.8) is 0 Å². The highest BCUT2D eigenvalue weighted by molar-refractivity contribution is 6.67. The van der Waals surface area contributed by atoms with Crippen molar-refractivity contribution in [2.75, 3.05) is 6.61 Å². The Morgan fingerprint density at radius 3 is 2.74 bits per heavy atom. The lowest BCUT2D eigenvalue weighted by atomic mass is 10.1. The predicted octanol–water partition coefficient (Wildman–Crippen LogP) is 6.02. The largest absolute Gasteiger partial charge is 0.489 e. The van der Waals surface area contributed by atoms with Gasteiger partial charge in [-0.1, -0.05) is 58.6 Å². The zero-order valence-corrected chi connectivity index (χ0v) is 14.9. The van der Waals surface area contributed by atoms with Gasteiger partial charge >= 0.3 is 0 Å². The first-order valence-corrected chi connectivity index (χ1v) is 8.16. The molecular formula is C16H18Cl3NO3. The number of rotatable bonds is 8. The van der Waals surface area contributed by atoms with E-state index in [2.05, 4.69) is 0 Å². The van der Waals surface area contributed by atoms with E-state index in [1.54, 1.807) is 12.1 Å². The molecule has 0 radical (unpaired) electrons. The monoisotopic (exact) mass is 377 g/mol. The number of ether oxygens (including phenoxy) is 1. The normalized spacial score (nSPS) is 12.6. The molecule has 0 aromatic heterocycles. The summed E-state index contributed by atoms with van der Waals surface area (Å²) < 4.78 is 4.25. The SMILES string of the molecule is C/C(=C\COc1cccc([N+](=O)[O-])c1)CC/C=C/CC(Cl)(Cl)Cl. The highest BCUT2D eigenvalue weighted by Crippen LogP contribution is 2.30. The van der Waals surface area contributed by atoms with E-state index in [0.29, 0.717) is 18.8 Å². The first-order valence-electron chi connectivity index (χ1n) is 7.02. The molecule has 0 saturated carbocycles. The molecule has 7 heteroatoms. The highest BCUT2D eigenvalue weighted by Gasteiger charge is 2.16. The summed E-state index contributed by atoms with van der Waals surface area (Å²) in [6, 6.07) is 6.12. The van der Waals surface area contributed by atoms with Crippen LogP contribution in [0.2, 0.25) is 0 Å². The van der Waals surface area contributed by atoms with E-state index in [0.717, 1.165) is 18.4 Å². The van der Waals surface area contributed by atoms with Crippen molar-refractivity contribution in [1.82, 2.24) is 0 Å². The molecule has 0 fully saturated rings. The second kappa shape index (κ2) is 9.81. The third-order valence-corrected chi connectivity index (χ3v) is 3.39. The van der Waals surface area contributed by atoms with Gasteiger partial charge in [-0.2, -0.15) is 0 Å². The summed E-state index contributed by atoms with van der Waals surface area (Å²) in [4.78, 5) is 10.2. The number of hydrogen-bond donors (Lipinski definition) is 0. The van der Waals surface area contributed by atoms with Crippen LogP contribution in [0.3, 0.4) is 0 Å². The second-order valence-electron chi connectivity index (χ2n) is 4.95. The van der Waals surface area contributed by atoms with Gasteiger partial charge in [0.25, 0.3) is 5.69 Å². The van der Waals surface area contributed by atoms with Crippen LogP contribution < -0.4 is 4.74 Å². The topological polar surface area (TPSA) is 52.4 Å². The van der Waals surface area contributed by atoms with Crippen molar-refractivity contribution in [2.24, 2.45) is 0 Å². The average molecular weight is 379 g/mol. The maximum Gasteiger partial charge on any atom is 0.273 e. The van der Waals surface area contributed by atoms with Crippen LogP contribution in [-0.2, 0) is 0 Å². The molecule has 1 aromatic carbocycles. The lowest BCUT2D eigenvalue weighted by Crippen LogP contribution is -1.98. The van der Waals surface area contributed by atoms with Gasteiger partial charge in [0.15, 0.2) is 3.79 Å². The van der Waals surface area contributed by atoms with Crippen LogP contribution in [0.25, 0.3) is 0 Å². The van der Waals surface area contributed by atoms with Crippen LogP contribution in [-0.4, -0.2) is 15.3 Å². The Morgan fingerprint density at radius 2 is 2.09 bits per heavy atom. The Bertz CT molecular complexity index is 580. The molecule has 23 heavy (non-hydrogen) atoms. The number of nitro benzene ring substituents is 1. The number of nitro groups is 1. The quantitative estimate of drug-likeness (QED) is 0.241. The van der Waals surface area contributed by atoms with E-state index in [1.807, 2.05) is 25.2 Å². The molecule has 0 unspecified atom stereocenters. The number of halogens is 3. The summed E-state index contributed by atoms with van der Waals surface area (Å²) in [5.41, 5.74) is 1.18. The summed E-state index contributed by atoms with van der Waals surface area (Å²) in [5, 5.41) is 10.7. The third-order valence-electron chi connectivity index (χ3n) is 2.93. The van der Waals surface area contributed by atoms with Crippen LogP contribution in [0, 0.1) is 10.1 Å². The lowest BCUT2D eigenvalue weighted by molar-refractivity contribution is -0.384. The van der Waals surface area contributed by atoms with Gasteiger partial charge in [-0.25, -0.2) is 0 Å².